The van der Waals surface area contributed by atoms with Gasteiger partial charge in [0.2, 0.25) is 0 Å². The zero-order valence-corrected chi connectivity index (χ0v) is 19.3. The van der Waals surface area contributed by atoms with Crippen LogP contribution in [0.1, 0.15) is 21.5 Å². The summed E-state index contributed by atoms with van der Waals surface area (Å²) in [5.74, 6) is -0.618. The summed E-state index contributed by atoms with van der Waals surface area (Å²) in [6, 6.07) is 16.5. The molecule has 0 heterocycles. The molecule has 0 fully saturated rings. The number of carbonyl (C=O) groups excluding carboxylic acids is 1. The number of carbonyl (C=O) groups is 1. The van der Waals surface area contributed by atoms with Gasteiger partial charge in [0.25, 0.3) is 21.6 Å². The minimum atomic E-state index is -3.79. The molecule has 9 nitrogen and oxygen atoms in total. The molecule has 0 saturated heterocycles. The maximum Gasteiger partial charge on any atom is 0.270 e. The first-order valence-corrected chi connectivity index (χ1v) is 11.5. The van der Waals surface area contributed by atoms with Crippen molar-refractivity contribution in [2.45, 2.75) is 18.7 Å². The van der Waals surface area contributed by atoms with Crippen LogP contribution in [0.15, 0.2) is 71.6 Å². The average molecular weight is 485 g/mol. The van der Waals surface area contributed by atoms with Crippen LogP contribution in [0.4, 0.5) is 17.1 Å². The van der Waals surface area contributed by atoms with E-state index in [0.717, 1.165) is 17.2 Å². The average Bonchev–Trinajstić information content (AvgIpc) is 2.73. The molecule has 11 heteroatoms. The lowest BCUT2D eigenvalue weighted by atomic mass is 10.1. The Morgan fingerprint density at radius 2 is 1.58 bits per heavy atom. The van der Waals surface area contributed by atoms with Crippen molar-refractivity contribution in [2.75, 3.05) is 10.0 Å². The van der Waals surface area contributed by atoms with Gasteiger partial charge in [-0.05, 0) is 79.7 Å². The lowest BCUT2D eigenvalue weighted by Gasteiger charge is -2.12. The van der Waals surface area contributed by atoms with Crippen LogP contribution in [0.3, 0.4) is 0 Å². The van der Waals surface area contributed by atoms with Crippen LogP contribution < -0.4 is 15.4 Å². The number of nitro groups is 1. The fourth-order valence-corrected chi connectivity index (χ4v) is 4.31. The molecule has 0 atom stereocenters. The largest absolute Gasteiger partial charge is 0.332 e. The number of hydrogen-bond acceptors (Lipinski definition) is 6. The van der Waals surface area contributed by atoms with Gasteiger partial charge >= 0.3 is 0 Å². The third-order valence-electron chi connectivity index (χ3n) is 4.44. The van der Waals surface area contributed by atoms with Crippen LogP contribution >= 0.6 is 12.2 Å². The maximum absolute atomic E-state index is 12.7. The van der Waals surface area contributed by atoms with Crippen LogP contribution in [-0.2, 0) is 10.0 Å². The zero-order chi connectivity index (χ0) is 24.2. The molecule has 0 aromatic heterocycles. The molecule has 3 aromatic carbocycles. The van der Waals surface area contributed by atoms with Crippen LogP contribution in [0, 0.1) is 24.0 Å². The van der Waals surface area contributed by atoms with Crippen molar-refractivity contribution >= 4 is 50.3 Å². The number of nitrogens with zero attached hydrogens (tertiary/aromatic N) is 1. The van der Waals surface area contributed by atoms with Crippen molar-refractivity contribution in [3.05, 3.63) is 93.5 Å². The van der Waals surface area contributed by atoms with Crippen LogP contribution in [-0.4, -0.2) is 24.4 Å². The van der Waals surface area contributed by atoms with E-state index in [1.54, 1.807) is 12.1 Å². The van der Waals surface area contributed by atoms with E-state index in [9.17, 15) is 23.3 Å². The van der Waals surface area contributed by atoms with Crippen molar-refractivity contribution in [2.24, 2.45) is 0 Å². The maximum atomic E-state index is 12.7. The number of hydrogen-bond donors (Lipinski definition) is 3. The summed E-state index contributed by atoms with van der Waals surface area (Å²) in [5.41, 5.74) is 2.66. The molecular formula is C22H20N4O5S2. The van der Waals surface area contributed by atoms with Gasteiger partial charge in [-0.2, -0.15) is 0 Å². The lowest BCUT2D eigenvalue weighted by Crippen LogP contribution is -2.34. The van der Waals surface area contributed by atoms with E-state index in [1.807, 2.05) is 19.9 Å². The minimum absolute atomic E-state index is 0.0459. The highest BCUT2D eigenvalue weighted by atomic mass is 32.2. The quantitative estimate of drug-likeness (QED) is 0.272. The highest BCUT2D eigenvalue weighted by molar-refractivity contribution is 7.92. The number of anilines is 2. The molecule has 3 aromatic rings. The second-order valence-corrected chi connectivity index (χ2v) is 9.31. The molecule has 0 bridgehead atoms. The second-order valence-electron chi connectivity index (χ2n) is 7.22. The Bertz CT molecular complexity index is 1320. The number of thiocarbonyl (C=S) groups is 1. The first kappa shape index (κ1) is 23.8. The van der Waals surface area contributed by atoms with Crippen LogP contribution in [0.5, 0.6) is 0 Å². The molecule has 3 N–H and O–H groups in total. The molecular weight excluding hydrogens is 464 g/mol. The van der Waals surface area contributed by atoms with Gasteiger partial charge in [0.05, 0.1) is 9.82 Å². The number of nitro benzene ring substituents is 1. The molecule has 1 amide bonds. The summed E-state index contributed by atoms with van der Waals surface area (Å²) in [6.07, 6.45) is 0. The molecule has 0 aliphatic heterocycles. The molecule has 0 radical (unpaired) electrons. The summed E-state index contributed by atoms with van der Waals surface area (Å²) in [7, 11) is -3.79. The van der Waals surface area contributed by atoms with E-state index in [0.29, 0.717) is 11.4 Å². The van der Waals surface area contributed by atoms with E-state index in [2.05, 4.69) is 15.4 Å². The normalized spacial score (nSPS) is 10.8. The Hall–Kier alpha value is -3.83. The predicted molar refractivity (Wildman–Crippen MR) is 130 cm³/mol. The van der Waals surface area contributed by atoms with Gasteiger partial charge in [-0.1, -0.05) is 12.1 Å². The van der Waals surface area contributed by atoms with E-state index in [4.69, 9.17) is 12.2 Å². The monoisotopic (exact) mass is 484 g/mol. The second kappa shape index (κ2) is 9.76. The highest BCUT2D eigenvalue weighted by Crippen LogP contribution is 2.20. The Morgan fingerprint density at radius 3 is 2.18 bits per heavy atom. The molecule has 33 heavy (non-hydrogen) atoms. The van der Waals surface area contributed by atoms with E-state index >= 15 is 0 Å². The summed E-state index contributed by atoms with van der Waals surface area (Å²) in [4.78, 5) is 22.6. The number of benzene rings is 3. The Kier molecular flexibility index (Phi) is 7.04. The van der Waals surface area contributed by atoms with Gasteiger partial charge in [-0.3, -0.25) is 24.9 Å². The van der Waals surface area contributed by atoms with Crippen LogP contribution in [0.2, 0.25) is 0 Å². The Labute approximate surface area is 196 Å². The van der Waals surface area contributed by atoms with E-state index < -0.39 is 20.9 Å². The molecule has 0 unspecified atom stereocenters. The number of rotatable bonds is 6. The Balaban J connectivity index is 1.65. The smallest absolute Gasteiger partial charge is 0.270 e. The highest BCUT2D eigenvalue weighted by Gasteiger charge is 2.16. The van der Waals surface area contributed by atoms with Crippen molar-refractivity contribution < 1.29 is 18.1 Å². The number of sulfonamides is 1. The standard InChI is InChI=1S/C22H20N4O5S2/c1-14-10-15(2)12-18(11-14)25-33(30,31)20-8-6-17(7-9-20)23-22(32)24-21(27)16-4-3-5-19(13-16)26(28)29/h3-13,25H,1-2H3,(H2,23,24,27,32). The van der Waals surface area contributed by atoms with Crippen molar-refractivity contribution in [1.29, 1.82) is 0 Å². The summed E-state index contributed by atoms with van der Waals surface area (Å²) >= 11 is 5.11. The van der Waals surface area contributed by atoms with Gasteiger partial charge in [0, 0.05) is 29.1 Å². The molecule has 3 rings (SSSR count). The van der Waals surface area contributed by atoms with Crippen molar-refractivity contribution in [1.82, 2.24) is 5.32 Å². The van der Waals surface area contributed by atoms with Crippen molar-refractivity contribution in [3.8, 4) is 0 Å². The molecule has 0 saturated carbocycles. The number of non-ortho nitro benzene ring substituents is 1. The summed E-state index contributed by atoms with van der Waals surface area (Å²) < 4.78 is 27.9. The van der Waals surface area contributed by atoms with E-state index in [-0.39, 0.29) is 21.3 Å². The topological polar surface area (TPSA) is 130 Å². The third kappa shape index (κ3) is 6.34. The Morgan fingerprint density at radius 1 is 0.939 bits per heavy atom. The van der Waals surface area contributed by atoms with Gasteiger partial charge in [0.15, 0.2) is 5.11 Å². The minimum Gasteiger partial charge on any atom is -0.332 e. The first-order chi connectivity index (χ1) is 15.5. The van der Waals surface area contributed by atoms with Gasteiger partial charge in [-0.25, -0.2) is 8.42 Å². The summed E-state index contributed by atoms with van der Waals surface area (Å²) in [5, 5.41) is 16.0. The molecule has 0 spiro atoms. The third-order valence-corrected chi connectivity index (χ3v) is 6.04. The fourth-order valence-electron chi connectivity index (χ4n) is 3.06. The summed E-state index contributed by atoms with van der Waals surface area (Å²) in [6.45, 7) is 3.76. The first-order valence-electron chi connectivity index (χ1n) is 9.61. The number of aryl methyl sites for hydroxylation is 2. The zero-order valence-electron chi connectivity index (χ0n) is 17.7. The number of nitrogens with one attached hydrogen (secondary N) is 3. The lowest BCUT2D eigenvalue weighted by molar-refractivity contribution is -0.384. The molecule has 0 aliphatic carbocycles. The SMILES string of the molecule is Cc1cc(C)cc(NS(=O)(=O)c2ccc(NC(=S)NC(=O)c3cccc([N+](=O)[O-])c3)cc2)c1. The molecule has 170 valence electrons. The van der Waals surface area contributed by atoms with E-state index in [1.165, 1.54) is 42.5 Å². The van der Waals surface area contributed by atoms with Gasteiger partial charge in [0.1, 0.15) is 0 Å². The van der Waals surface area contributed by atoms with Crippen molar-refractivity contribution in [3.63, 3.8) is 0 Å². The van der Waals surface area contributed by atoms with Crippen LogP contribution in [0.25, 0.3) is 0 Å². The van der Waals surface area contributed by atoms with Gasteiger partial charge < -0.3 is 5.32 Å². The number of amides is 1. The molecule has 0 aliphatic rings. The predicted octanol–water partition coefficient (Wildman–Crippen LogP) is 4.14. The fraction of sp³-hybridized carbons (Fsp3) is 0.0909. The van der Waals surface area contributed by atoms with Gasteiger partial charge in [-0.15, -0.1) is 0 Å².